The van der Waals surface area contributed by atoms with Gasteiger partial charge in [0.2, 0.25) is 0 Å². The zero-order valence-electron chi connectivity index (χ0n) is 9.74. The van der Waals surface area contributed by atoms with Crippen LogP contribution in [-0.2, 0) is 0 Å². The summed E-state index contributed by atoms with van der Waals surface area (Å²) in [5.74, 6) is 0.911. The molecular weight excluding hydrogens is 298 g/mol. The standard InChI is InChI=1S/C13H14BrNOS/c1-15-13(9-7-12(14)17-8-9)10-5-3-4-6-11(10)16-2/h3-8,13,15H,1-2H3. The molecule has 1 atom stereocenters. The topological polar surface area (TPSA) is 21.3 Å². The lowest BCUT2D eigenvalue weighted by Gasteiger charge is -2.18. The van der Waals surface area contributed by atoms with E-state index in [9.17, 15) is 0 Å². The Balaban J connectivity index is 2.41. The SMILES string of the molecule is CNC(c1csc(Br)c1)c1ccccc1OC. The summed E-state index contributed by atoms with van der Waals surface area (Å²) < 4.78 is 6.55. The lowest BCUT2D eigenvalue weighted by Crippen LogP contribution is -2.17. The molecule has 0 radical (unpaired) electrons. The van der Waals surface area contributed by atoms with Gasteiger partial charge in [-0.05, 0) is 46.1 Å². The minimum absolute atomic E-state index is 0.161. The van der Waals surface area contributed by atoms with Crippen LogP contribution in [0.3, 0.4) is 0 Å². The monoisotopic (exact) mass is 311 g/mol. The highest BCUT2D eigenvalue weighted by molar-refractivity contribution is 9.11. The lowest BCUT2D eigenvalue weighted by molar-refractivity contribution is 0.405. The predicted octanol–water partition coefficient (Wildman–Crippen LogP) is 3.83. The van der Waals surface area contributed by atoms with Crippen LogP contribution in [0.25, 0.3) is 0 Å². The summed E-state index contributed by atoms with van der Waals surface area (Å²) in [6.45, 7) is 0. The summed E-state index contributed by atoms with van der Waals surface area (Å²) in [4.78, 5) is 0. The number of thiophene rings is 1. The quantitative estimate of drug-likeness (QED) is 0.926. The second kappa shape index (κ2) is 5.67. The predicted molar refractivity (Wildman–Crippen MR) is 75.9 cm³/mol. The Morgan fingerprint density at radius 3 is 2.71 bits per heavy atom. The minimum atomic E-state index is 0.161. The summed E-state index contributed by atoms with van der Waals surface area (Å²) in [5, 5.41) is 5.48. The van der Waals surface area contributed by atoms with Crippen molar-refractivity contribution in [2.24, 2.45) is 0 Å². The molecule has 1 N–H and O–H groups in total. The molecule has 0 aliphatic carbocycles. The molecule has 2 nitrogen and oxygen atoms in total. The van der Waals surface area contributed by atoms with Crippen molar-refractivity contribution in [3.8, 4) is 5.75 Å². The van der Waals surface area contributed by atoms with Crippen LogP contribution in [0.2, 0.25) is 0 Å². The first-order valence-corrected chi connectivity index (χ1v) is 6.97. The highest BCUT2D eigenvalue weighted by Crippen LogP contribution is 2.33. The lowest BCUT2D eigenvalue weighted by atomic mass is 10.0. The molecule has 1 aromatic carbocycles. The van der Waals surface area contributed by atoms with E-state index in [0.29, 0.717) is 0 Å². The van der Waals surface area contributed by atoms with Crippen LogP contribution in [0.4, 0.5) is 0 Å². The molecule has 4 heteroatoms. The number of para-hydroxylation sites is 1. The molecule has 0 saturated carbocycles. The van der Waals surface area contributed by atoms with Gasteiger partial charge in [-0.25, -0.2) is 0 Å². The maximum absolute atomic E-state index is 5.41. The molecular formula is C13H14BrNOS. The van der Waals surface area contributed by atoms with Gasteiger partial charge in [0.05, 0.1) is 16.9 Å². The molecule has 2 aromatic rings. The van der Waals surface area contributed by atoms with Crippen molar-refractivity contribution >= 4 is 27.3 Å². The second-order valence-corrected chi connectivity index (χ2v) is 5.94. The van der Waals surface area contributed by atoms with E-state index in [2.05, 4.69) is 38.8 Å². The summed E-state index contributed by atoms with van der Waals surface area (Å²) >= 11 is 5.19. The Bertz CT molecular complexity index is 498. The number of hydrogen-bond donors (Lipinski definition) is 1. The molecule has 0 spiro atoms. The van der Waals surface area contributed by atoms with Crippen LogP contribution in [0.5, 0.6) is 5.75 Å². The maximum Gasteiger partial charge on any atom is 0.123 e. The van der Waals surface area contributed by atoms with Crippen LogP contribution in [0, 0.1) is 0 Å². The zero-order chi connectivity index (χ0) is 12.3. The molecule has 0 amide bonds. The summed E-state index contributed by atoms with van der Waals surface area (Å²) in [7, 11) is 3.66. The van der Waals surface area contributed by atoms with Gasteiger partial charge in [0.15, 0.2) is 0 Å². The van der Waals surface area contributed by atoms with Crippen LogP contribution < -0.4 is 10.1 Å². The molecule has 0 fully saturated rings. The van der Waals surface area contributed by atoms with Gasteiger partial charge in [0, 0.05) is 5.56 Å². The summed E-state index contributed by atoms with van der Waals surface area (Å²) in [5.41, 5.74) is 2.40. The van der Waals surface area contributed by atoms with Gasteiger partial charge < -0.3 is 10.1 Å². The van der Waals surface area contributed by atoms with Gasteiger partial charge in [-0.2, -0.15) is 0 Å². The molecule has 1 aromatic heterocycles. The average molecular weight is 312 g/mol. The highest BCUT2D eigenvalue weighted by atomic mass is 79.9. The maximum atomic E-state index is 5.41. The number of nitrogens with one attached hydrogen (secondary N) is 1. The van der Waals surface area contributed by atoms with Gasteiger partial charge in [-0.3, -0.25) is 0 Å². The molecule has 90 valence electrons. The van der Waals surface area contributed by atoms with E-state index < -0.39 is 0 Å². The van der Waals surface area contributed by atoms with Crippen molar-refractivity contribution in [3.05, 3.63) is 50.6 Å². The number of benzene rings is 1. The largest absolute Gasteiger partial charge is 0.496 e. The number of methoxy groups -OCH3 is 1. The fraction of sp³-hybridized carbons (Fsp3) is 0.231. The van der Waals surface area contributed by atoms with Crippen molar-refractivity contribution in [3.63, 3.8) is 0 Å². The molecule has 0 aliphatic rings. The Kier molecular flexibility index (Phi) is 4.20. The van der Waals surface area contributed by atoms with Gasteiger partial charge in [0.1, 0.15) is 5.75 Å². The fourth-order valence-electron chi connectivity index (χ4n) is 1.88. The van der Waals surface area contributed by atoms with Crippen molar-refractivity contribution in [1.29, 1.82) is 0 Å². The normalized spacial score (nSPS) is 12.4. The molecule has 0 saturated heterocycles. The molecule has 2 rings (SSSR count). The fourth-order valence-corrected chi connectivity index (χ4v) is 3.08. The van der Waals surface area contributed by atoms with E-state index in [4.69, 9.17) is 4.74 Å². The van der Waals surface area contributed by atoms with Crippen LogP contribution in [0.15, 0.2) is 39.5 Å². The van der Waals surface area contributed by atoms with E-state index >= 15 is 0 Å². The third kappa shape index (κ3) is 2.70. The molecule has 17 heavy (non-hydrogen) atoms. The molecule has 0 aliphatic heterocycles. The molecule has 1 unspecified atom stereocenters. The van der Waals surface area contributed by atoms with Crippen LogP contribution >= 0.6 is 27.3 Å². The minimum Gasteiger partial charge on any atom is -0.496 e. The zero-order valence-corrected chi connectivity index (χ0v) is 12.1. The summed E-state index contributed by atoms with van der Waals surface area (Å²) in [6, 6.07) is 10.4. The first-order chi connectivity index (χ1) is 8.26. The van der Waals surface area contributed by atoms with Gasteiger partial charge >= 0.3 is 0 Å². The molecule has 1 heterocycles. The first-order valence-electron chi connectivity index (χ1n) is 5.30. The Morgan fingerprint density at radius 1 is 1.35 bits per heavy atom. The van der Waals surface area contributed by atoms with E-state index in [0.717, 1.165) is 15.1 Å². The van der Waals surface area contributed by atoms with Crippen molar-refractivity contribution < 1.29 is 4.74 Å². The van der Waals surface area contributed by atoms with E-state index in [1.165, 1.54) is 5.56 Å². The van der Waals surface area contributed by atoms with Crippen molar-refractivity contribution in [2.45, 2.75) is 6.04 Å². The van der Waals surface area contributed by atoms with Crippen molar-refractivity contribution in [2.75, 3.05) is 14.2 Å². The number of rotatable bonds is 4. The number of halogens is 1. The van der Waals surface area contributed by atoms with E-state index in [1.807, 2.05) is 25.2 Å². The summed E-state index contributed by atoms with van der Waals surface area (Å²) in [6.07, 6.45) is 0. The van der Waals surface area contributed by atoms with Gasteiger partial charge in [0.25, 0.3) is 0 Å². The highest BCUT2D eigenvalue weighted by Gasteiger charge is 2.17. The van der Waals surface area contributed by atoms with E-state index in [1.54, 1.807) is 18.4 Å². The third-order valence-electron chi connectivity index (χ3n) is 2.66. The first kappa shape index (κ1) is 12.6. The second-order valence-electron chi connectivity index (χ2n) is 3.65. The van der Waals surface area contributed by atoms with Crippen LogP contribution in [-0.4, -0.2) is 14.2 Å². The third-order valence-corrected chi connectivity index (χ3v) is 4.18. The number of ether oxygens (including phenoxy) is 1. The van der Waals surface area contributed by atoms with Crippen molar-refractivity contribution in [1.82, 2.24) is 5.32 Å². The number of hydrogen-bond acceptors (Lipinski definition) is 3. The van der Waals surface area contributed by atoms with E-state index in [-0.39, 0.29) is 6.04 Å². The average Bonchev–Trinajstić information content (AvgIpc) is 2.77. The Labute approximate surface area is 114 Å². The molecule has 0 bridgehead atoms. The van der Waals surface area contributed by atoms with Gasteiger partial charge in [-0.1, -0.05) is 18.2 Å². The smallest absolute Gasteiger partial charge is 0.123 e. The Hall–Kier alpha value is -0.840. The van der Waals surface area contributed by atoms with Crippen LogP contribution in [0.1, 0.15) is 17.2 Å². The Morgan fingerprint density at radius 2 is 2.12 bits per heavy atom. The van der Waals surface area contributed by atoms with Gasteiger partial charge in [-0.15, -0.1) is 11.3 Å².